The zero-order chi connectivity index (χ0) is 29.6. The standard InChI is InChI=1S/C30H33FN4O6S/c1-18-33-22(17-42-18)13-30(38)35-8-7-25-24(15-35)34-29(37)16-40-27-11-19(3-5-26(27)39-2)4-6-28(36)32-14-20-9-21(31)12-23(10-20)41-25/h3,5,9-12,17,24-25H,4,6-8,13-16H2,1-2H3,(H,32,36)(H,34,37)/t24-,25-/m1/s1. The summed E-state index contributed by atoms with van der Waals surface area (Å²) in [5, 5.41) is 8.55. The summed E-state index contributed by atoms with van der Waals surface area (Å²) >= 11 is 1.49. The molecule has 2 N–H and O–H groups in total. The molecule has 3 heterocycles. The molecule has 2 aromatic carbocycles. The summed E-state index contributed by atoms with van der Waals surface area (Å²) in [6.07, 6.45) is 0.678. The van der Waals surface area contributed by atoms with Gasteiger partial charge in [-0.1, -0.05) is 6.07 Å². The van der Waals surface area contributed by atoms with Gasteiger partial charge >= 0.3 is 0 Å². The first-order chi connectivity index (χ1) is 20.2. The Labute approximate surface area is 247 Å². The number of rotatable bonds is 3. The Kier molecular flexibility index (Phi) is 9.21. The fraction of sp³-hybridized carbons (Fsp3) is 0.400. The van der Waals surface area contributed by atoms with Crippen molar-refractivity contribution >= 4 is 29.1 Å². The van der Waals surface area contributed by atoms with Crippen molar-refractivity contribution < 1.29 is 33.0 Å². The molecule has 0 radical (unpaired) electrons. The van der Waals surface area contributed by atoms with Gasteiger partial charge in [-0.15, -0.1) is 11.3 Å². The van der Waals surface area contributed by atoms with Gasteiger partial charge in [-0.25, -0.2) is 9.37 Å². The SMILES string of the molecule is COc1ccc2cc1OCC(=O)N[C@@H]1CN(C(=O)Cc3csc(C)n3)CC[C@H]1Oc1cc(F)cc(c1)CNC(=O)CC2. The quantitative estimate of drug-likeness (QED) is 0.477. The summed E-state index contributed by atoms with van der Waals surface area (Å²) in [5.74, 6) is -0.0940. The van der Waals surface area contributed by atoms with E-state index in [4.69, 9.17) is 14.2 Å². The number of hydrogen-bond acceptors (Lipinski definition) is 8. The molecule has 0 unspecified atom stereocenters. The summed E-state index contributed by atoms with van der Waals surface area (Å²) in [7, 11) is 1.51. The highest BCUT2D eigenvalue weighted by Gasteiger charge is 2.34. The lowest BCUT2D eigenvalue weighted by atomic mass is 10.0. The van der Waals surface area contributed by atoms with E-state index in [0.717, 1.165) is 10.6 Å². The second-order valence-electron chi connectivity index (χ2n) is 10.3. The minimum atomic E-state index is -0.588. The summed E-state index contributed by atoms with van der Waals surface area (Å²) in [5.41, 5.74) is 2.09. The van der Waals surface area contributed by atoms with E-state index in [1.807, 2.05) is 18.4 Å². The Morgan fingerprint density at radius 2 is 2.02 bits per heavy atom. The van der Waals surface area contributed by atoms with Gasteiger partial charge in [0.15, 0.2) is 18.1 Å². The van der Waals surface area contributed by atoms with Gasteiger partial charge in [0.2, 0.25) is 11.8 Å². The second kappa shape index (κ2) is 13.2. The highest BCUT2D eigenvalue weighted by Crippen LogP contribution is 2.29. The van der Waals surface area contributed by atoms with Crippen LogP contribution in [0.5, 0.6) is 17.2 Å². The number of hydrogen-bond donors (Lipinski definition) is 2. The Balaban J connectivity index is 1.38. The lowest BCUT2D eigenvalue weighted by Gasteiger charge is -2.39. The summed E-state index contributed by atoms with van der Waals surface area (Å²) in [4.78, 5) is 44.8. The minimum Gasteiger partial charge on any atom is -0.493 e. The van der Waals surface area contributed by atoms with E-state index in [1.165, 1.54) is 30.6 Å². The first-order valence-electron chi connectivity index (χ1n) is 13.8. The van der Waals surface area contributed by atoms with Crippen LogP contribution in [0.25, 0.3) is 0 Å². The van der Waals surface area contributed by atoms with Gasteiger partial charge in [-0.05, 0) is 48.7 Å². The number of piperidine rings is 1. The van der Waals surface area contributed by atoms with E-state index < -0.39 is 23.9 Å². The molecule has 222 valence electrons. The van der Waals surface area contributed by atoms with Gasteiger partial charge < -0.3 is 29.7 Å². The Morgan fingerprint density at radius 1 is 1.17 bits per heavy atom. The summed E-state index contributed by atoms with van der Waals surface area (Å²) in [6.45, 7) is 2.32. The predicted octanol–water partition coefficient (Wildman–Crippen LogP) is 2.95. The lowest BCUT2D eigenvalue weighted by Crippen LogP contribution is -2.58. The molecule has 1 fully saturated rings. The molecular formula is C30H33FN4O6S. The van der Waals surface area contributed by atoms with Crippen LogP contribution in [0.1, 0.15) is 34.7 Å². The van der Waals surface area contributed by atoms with Gasteiger partial charge in [0.1, 0.15) is 17.7 Å². The molecule has 3 aromatic rings. The number of likely N-dealkylation sites (tertiary alicyclic amines) is 1. The average molecular weight is 597 g/mol. The van der Waals surface area contributed by atoms with Crippen LogP contribution in [0.15, 0.2) is 41.8 Å². The Bertz CT molecular complexity index is 1460. The van der Waals surface area contributed by atoms with Gasteiger partial charge in [0, 0.05) is 43.9 Å². The smallest absolute Gasteiger partial charge is 0.258 e. The van der Waals surface area contributed by atoms with Crippen molar-refractivity contribution in [1.82, 2.24) is 20.5 Å². The van der Waals surface area contributed by atoms with Gasteiger partial charge in [-0.2, -0.15) is 0 Å². The van der Waals surface area contributed by atoms with Crippen LogP contribution in [-0.4, -0.2) is 66.6 Å². The normalized spacial score (nSPS) is 19.6. The minimum absolute atomic E-state index is 0.103. The number of aromatic nitrogens is 1. The van der Waals surface area contributed by atoms with Crippen molar-refractivity contribution in [1.29, 1.82) is 0 Å². The number of carbonyl (C=O) groups is 3. The lowest BCUT2D eigenvalue weighted by molar-refractivity contribution is -0.135. The van der Waals surface area contributed by atoms with Crippen molar-refractivity contribution in [2.24, 2.45) is 0 Å². The third kappa shape index (κ3) is 7.55. The van der Waals surface area contributed by atoms with Gasteiger partial charge in [-0.3, -0.25) is 14.4 Å². The number of thiazole rings is 1. The van der Waals surface area contributed by atoms with Crippen LogP contribution < -0.4 is 24.8 Å². The molecule has 0 saturated carbocycles. The van der Waals surface area contributed by atoms with Crippen LogP contribution in [0.4, 0.5) is 4.39 Å². The molecule has 3 amide bonds. The monoisotopic (exact) mass is 596 g/mol. The predicted molar refractivity (Wildman–Crippen MR) is 153 cm³/mol. The fourth-order valence-electron chi connectivity index (χ4n) is 5.09. The molecule has 10 nitrogen and oxygen atoms in total. The van der Waals surface area contributed by atoms with E-state index in [2.05, 4.69) is 15.6 Å². The summed E-state index contributed by atoms with van der Waals surface area (Å²) in [6, 6.07) is 9.01. The van der Waals surface area contributed by atoms with Crippen LogP contribution in [0.3, 0.4) is 0 Å². The van der Waals surface area contributed by atoms with Gasteiger partial charge in [0.05, 0.1) is 30.3 Å². The first-order valence-corrected chi connectivity index (χ1v) is 14.6. The number of carbonyl (C=O) groups excluding carboxylic acids is 3. The van der Waals surface area contributed by atoms with Crippen molar-refractivity contribution in [3.8, 4) is 17.2 Å². The molecule has 2 aliphatic rings. The molecule has 12 heteroatoms. The topological polar surface area (TPSA) is 119 Å². The Hall–Kier alpha value is -4.19. The number of amides is 3. The van der Waals surface area contributed by atoms with E-state index in [-0.39, 0.29) is 50.1 Å². The maximum atomic E-state index is 14.5. The number of methoxy groups -OCH3 is 1. The second-order valence-corrected chi connectivity index (χ2v) is 11.4. The number of halogens is 1. The zero-order valence-corrected chi connectivity index (χ0v) is 24.3. The molecule has 1 saturated heterocycles. The van der Waals surface area contributed by atoms with Crippen molar-refractivity contribution in [3.05, 3.63) is 69.4 Å². The average Bonchev–Trinajstić information content (AvgIpc) is 3.38. The molecule has 5 rings (SSSR count). The molecule has 2 atom stereocenters. The largest absolute Gasteiger partial charge is 0.493 e. The molecule has 4 bridgehead atoms. The molecule has 1 aromatic heterocycles. The zero-order valence-electron chi connectivity index (χ0n) is 23.5. The van der Waals surface area contributed by atoms with Crippen LogP contribution in [-0.2, 0) is 33.8 Å². The molecule has 0 spiro atoms. The summed E-state index contributed by atoms with van der Waals surface area (Å²) < 4.78 is 32.0. The number of ether oxygens (including phenoxy) is 3. The van der Waals surface area contributed by atoms with E-state index in [9.17, 15) is 18.8 Å². The van der Waals surface area contributed by atoms with Crippen molar-refractivity contribution in [3.63, 3.8) is 0 Å². The molecule has 0 aliphatic carbocycles. The third-order valence-corrected chi connectivity index (χ3v) is 8.01. The van der Waals surface area contributed by atoms with Crippen molar-refractivity contribution in [2.45, 2.75) is 51.3 Å². The van der Waals surface area contributed by atoms with Crippen LogP contribution in [0, 0.1) is 12.7 Å². The first kappa shape index (κ1) is 29.3. The maximum Gasteiger partial charge on any atom is 0.258 e. The number of fused-ring (bicyclic) bond motifs is 5. The van der Waals surface area contributed by atoms with Crippen molar-refractivity contribution in [2.75, 3.05) is 26.8 Å². The number of nitrogens with one attached hydrogen (secondary N) is 2. The van der Waals surface area contributed by atoms with E-state index >= 15 is 0 Å². The van der Waals surface area contributed by atoms with E-state index in [0.29, 0.717) is 42.1 Å². The maximum absolute atomic E-state index is 14.5. The van der Waals surface area contributed by atoms with E-state index in [1.54, 1.807) is 23.1 Å². The number of aryl methyl sites for hydroxylation is 2. The van der Waals surface area contributed by atoms with Gasteiger partial charge in [0.25, 0.3) is 5.91 Å². The fourth-order valence-corrected chi connectivity index (χ4v) is 5.70. The third-order valence-electron chi connectivity index (χ3n) is 7.18. The van der Waals surface area contributed by atoms with Crippen LogP contribution >= 0.6 is 11.3 Å². The number of benzene rings is 2. The molecule has 42 heavy (non-hydrogen) atoms. The molecular weight excluding hydrogens is 563 g/mol. The number of nitrogens with zero attached hydrogens (tertiary/aromatic N) is 2. The van der Waals surface area contributed by atoms with Crippen LogP contribution in [0.2, 0.25) is 0 Å². The highest BCUT2D eigenvalue weighted by molar-refractivity contribution is 7.09. The molecule has 2 aliphatic heterocycles. The Morgan fingerprint density at radius 3 is 2.81 bits per heavy atom. The highest BCUT2D eigenvalue weighted by atomic mass is 32.1.